The second-order valence-electron chi connectivity index (χ2n) is 7.98. The summed E-state index contributed by atoms with van der Waals surface area (Å²) in [7, 11) is -0.978. The van der Waals surface area contributed by atoms with Crippen molar-refractivity contribution in [3.05, 3.63) is 66.5 Å². The molecular formula is C24H27N5O3S. The Kier molecular flexibility index (Phi) is 6.48. The first-order chi connectivity index (χ1) is 15.8. The Morgan fingerprint density at radius 3 is 2.36 bits per heavy atom. The number of aromatic nitrogens is 3. The number of pyridine rings is 2. The first-order valence-corrected chi connectivity index (χ1v) is 12.1. The van der Waals surface area contributed by atoms with E-state index in [1.165, 1.54) is 11.8 Å². The van der Waals surface area contributed by atoms with Crippen LogP contribution in [0.25, 0.3) is 33.8 Å². The molecular weight excluding hydrogens is 438 g/mol. The lowest BCUT2D eigenvalue weighted by atomic mass is 10.1. The van der Waals surface area contributed by atoms with E-state index in [1.807, 2.05) is 43.4 Å². The second-order valence-corrected chi connectivity index (χ2v) is 10.6. The molecule has 4 rings (SSSR count). The molecule has 3 heterocycles. The monoisotopic (exact) mass is 465 g/mol. The average molecular weight is 466 g/mol. The quantitative estimate of drug-likeness (QED) is 0.290. The minimum Gasteiger partial charge on any atom is -0.383 e. The number of hydrogen-bond acceptors (Lipinski definition) is 8. The molecule has 4 aromatic rings. The number of rotatable bonds is 7. The molecule has 5 N–H and O–H groups in total. The number of benzene rings is 1. The van der Waals surface area contributed by atoms with Crippen LogP contribution in [0.2, 0.25) is 0 Å². The van der Waals surface area contributed by atoms with Crippen LogP contribution in [0, 0.1) is 0 Å². The minimum absolute atomic E-state index is 0.296. The van der Waals surface area contributed by atoms with Gasteiger partial charge in [-0.3, -0.25) is 14.1 Å². The molecule has 0 saturated heterocycles. The Hall–Kier alpha value is -3.24. The summed E-state index contributed by atoms with van der Waals surface area (Å²) in [4.78, 5) is 9.11. The van der Waals surface area contributed by atoms with E-state index in [9.17, 15) is 9.11 Å². The van der Waals surface area contributed by atoms with Crippen molar-refractivity contribution < 1.29 is 13.6 Å². The Morgan fingerprint density at radius 1 is 0.970 bits per heavy atom. The molecule has 8 nitrogen and oxygen atoms in total. The van der Waals surface area contributed by atoms with Crippen molar-refractivity contribution in [3.8, 4) is 33.8 Å². The van der Waals surface area contributed by atoms with Crippen molar-refractivity contribution in [2.24, 2.45) is 0 Å². The molecule has 1 aromatic carbocycles. The Balaban J connectivity index is 1.62. The van der Waals surface area contributed by atoms with Crippen LogP contribution in [0.1, 0.15) is 19.4 Å². The van der Waals surface area contributed by atoms with Crippen molar-refractivity contribution in [1.29, 1.82) is 0 Å². The summed E-state index contributed by atoms with van der Waals surface area (Å²) in [6, 6.07) is 15.2. The molecule has 0 atom stereocenters. The molecule has 0 spiro atoms. The largest absolute Gasteiger partial charge is 0.383 e. The van der Waals surface area contributed by atoms with Crippen LogP contribution in [-0.2, 0) is 6.54 Å². The molecule has 0 aliphatic rings. The zero-order valence-electron chi connectivity index (χ0n) is 18.7. The van der Waals surface area contributed by atoms with Gasteiger partial charge in [0.2, 0.25) is 0 Å². The van der Waals surface area contributed by atoms with Gasteiger partial charge in [-0.2, -0.15) is 10.6 Å². The molecule has 172 valence electrons. The van der Waals surface area contributed by atoms with Gasteiger partial charge in [0.25, 0.3) is 0 Å². The van der Waals surface area contributed by atoms with E-state index in [0.717, 1.165) is 17.7 Å². The van der Waals surface area contributed by atoms with Crippen molar-refractivity contribution in [2.75, 3.05) is 12.8 Å². The zero-order chi connectivity index (χ0) is 23.6. The van der Waals surface area contributed by atoms with E-state index >= 15 is 0 Å². The van der Waals surface area contributed by atoms with Crippen molar-refractivity contribution in [2.45, 2.75) is 30.5 Å². The molecule has 0 bridgehead atoms. The molecule has 0 aliphatic carbocycles. The summed E-state index contributed by atoms with van der Waals surface area (Å²) in [5.41, 5.74) is 10.9. The highest BCUT2D eigenvalue weighted by Crippen LogP contribution is 2.52. The molecule has 3 aromatic heterocycles. The summed E-state index contributed by atoms with van der Waals surface area (Å²) in [5, 5.41) is 7.02. The smallest absolute Gasteiger partial charge is 0.171 e. The minimum atomic E-state index is -2.89. The van der Waals surface area contributed by atoms with Gasteiger partial charge in [-0.25, -0.2) is 4.98 Å². The third-order valence-electron chi connectivity index (χ3n) is 5.36. The van der Waals surface area contributed by atoms with Crippen LogP contribution in [0.4, 0.5) is 5.82 Å². The number of nitrogen functional groups attached to an aromatic ring is 1. The SMILES string of the molecule is CNCc1ccc(-c2cc(-c3cc(-c4ccc(S(O)(O)C(C)C)cn4)cnc3N)on2)cc1. The predicted molar refractivity (Wildman–Crippen MR) is 132 cm³/mol. The van der Waals surface area contributed by atoms with Gasteiger partial charge in [0.15, 0.2) is 5.76 Å². The lowest BCUT2D eigenvalue weighted by Gasteiger charge is -2.36. The highest BCUT2D eigenvalue weighted by atomic mass is 32.3. The summed E-state index contributed by atoms with van der Waals surface area (Å²) in [6.07, 6.45) is 3.12. The fraction of sp³-hybridized carbons (Fsp3) is 0.208. The zero-order valence-corrected chi connectivity index (χ0v) is 19.5. The summed E-state index contributed by atoms with van der Waals surface area (Å²) in [5.74, 6) is 0.818. The molecule has 0 amide bonds. The van der Waals surface area contributed by atoms with Crippen LogP contribution in [-0.4, -0.2) is 36.5 Å². The highest BCUT2D eigenvalue weighted by Gasteiger charge is 2.21. The van der Waals surface area contributed by atoms with Gasteiger partial charge in [0.05, 0.1) is 22.3 Å². The Labute approximate surface area is 194 Å². The van der Waals surface area contributed by atoms with E-state index < -0.39 is 10.6 Å². The van der Waals surface area contributed by atoms with Crippen molar-refractivity contribution in [1.82, 2.24) is 20.4 Å². The Bertz CT molecular complexity index is 1240. The number of anilines is 1. The lowest BCUT2D eigenvalue weighted by molar-refractivity contribution is 0.435. The van der Waals surface area contributed by atoms with Crippen molar-refractivity contribution >= 4 is 16.4 Å². The van der Waals surface area contributed by atoms with Crippen LogP contribution in [0.15, 0.2) is 70.3 Å². The third-order valence-corrected chi connectivity index (χ3v) is 7.61. The van der Waals surface area contributed by atoms with E-state index in [-0.39, 0.29) is 5.25 Å². The Morgan fingerprint density at radius 2 is 1.73 bits per heavy atom. The van der Waals surface area contributed by atoms with E-state index in [2.05, 4.69) is 20.4 Å². The van der Waals surface area contributed by atoms with Crippen LogP contribution in [0.3, 0.4) is 0 Å². The summed E-state index contributed by atoms with van der Waals surface area (Å²) < 4.78 is 26.3. The van der Waals surface area contributed by atoms with E-state index in [0.29, 0.717) is 33.4 Å². The lowest BCUT2D eigenvalue weighted by Crippen LogP contribution is -2.10. The van der Waals surface area contributed by atoms with Gasteiger partial charge in [-0.15, -0.1) is 0 Å². The summed E-state index contributed by atoms with van der Waals surface area (Å²) >= 11 is 0. The maximum atomic E-state index is 10.3. The van der Waals surface area contributed by atoms with Crippen LogP contribution >= 0.6 is 10.6 Å². The topological polar surface area (TPSA) is 130 Å². The maximum absolute atomic E-state index is 10.3. The van der Waals surface area contributed by atoms with E-state index in [1.54, 1.807) is 32.2 Å². The number of nitrogens with zero attached hydrogens (tertiary/aromatic N) is 3. The van der Waals surface area contributed by atoms with Gasteiger partial charge < -0.3 is 15.6 Å². The molecule has 33 heavy (non-hydrogen) atoms. The average Bonchev–Trinajstić information content (AvgIpc) is 3.30. The second kappa shape index (κ2) is 9.32. The molecule has 0 saturated carbocycles. The predicted octanol–water partition coefficient (Wildman–Crippen LogP) is 5.29. The maximum Gasteiger partial charge on any atom is 0.171 e. The first-order valence-electron chi connectivity index (χ1n) is 10.5. The highest BCUT2D eigenvalue weighted by molar-refractivity contribution is 8.24. The van der Waals surface area contributed by atoms with Gasteiger partial charge in [0.1, 0.15) is 11.5 Å². The van der Waals surface area contributed by atoms with Gasteiger partial charge in [-0.1, -0.05) is 29.4 Å². The standard InChI is InChI=1S/C24H27N5O3S/c1-15(2)33(30,31)19-8-9-21(27-14-19)18-10-20(24(25)28-13-18)23-11-22(29-32-23)17-6-4-16(5-7-17)12-26-3/h4-11,13-15,26,30-31H,12H2,1-3H3,(H2,25,28). The number of nitrogens with one attached hydrogen (secondary N) is 1. The van der Waals surface area contributed by atoms with Crippen molar-refractivity contribution in [3.63, 3.8) is 0 Å². The fourth-order valence-electron chi connectivity index (χ4n) is 3.35. The molecule has 0 radical (unpaired) electrons. The number of nitrogens with two attached hydrogens (primary N) is 1. The van der Waals surface area contributed by atoms with Crippen LogP contribution in [0.5, 0.6) is 0 Å². The third kappa shape index (κ3) is 4.76. The van der Waals surface area contributed by atoms with Gasteiger partial charge in [-0.05, 0) is 44.7 Å². The molecule has 9 heteroatoms. The molecule has 0 aliphatic heterocycles. The molecule has 0 unspecified atom stereocenters. The molecule has 0 fully saturated rings. The van der Waals surface area contributed by atoms with Gasteiger partial charge >= 0.3 is 0 Å². The van der Waals surface area contributed by atoms with Gasteiger partial charge in [0, 0.05) is 35.2 Å². The van der Waals surface area contributed by atoms with Crippen LogP contribution < -0.4 is 11.1 Å². The van der Waals surface area contributed by atoms with E-state index in [4.69, 9.17) is 10.3 Å². The normalized spacial score (nSPS) is 12.3. The summed E-state index contributed by atoms with van der Waals surface area (Å²) in [6.45, 7) is 4.33. The fourth-order valence-corrected chi connectivity index (χ4v) is 4.37. The first kappa shape index (κ1) is 22.9. The number of hydrogen-bond donors (Lipinski definition) is 4.